The molecular weight excluding hydrogens is 381 g/mol. The molecule has 1 amide bonds. The third-order valence-electron chi connectivity index (χ3n) is 5.01. The number of nitrogens with one attached hydrogen (secondary N) is 2. The van der Waals surface area contributed by atoms with Crippen LogP contribution in [0.5, 0.6) is 0 Å². The highest BCUT2D eigenvalue weighted by molar-refractivity contribution is 6.30. The molecule has 0 aliphatic carbocycles. The number of anilines is 1. The van der Waals surface area contributed by atoms with E-state index in [1.807, 2.05) is 31.2 Å². The summed E-state index contributed by atoms with van der Waals surface area (Å²) in [5.41, 5.74) is 3.50. The predicted octanol–water partition coefficient (Wildman–Crippen LogP) is 4.32. The zero-order valence-electron chi connectivity index (χ0n) is 14.8. The Morgan fingerprint density at radius 3 is 2.89 bits per heavy atom. The number of aryl methyl sites for hydroxylation is 1. The molecule has 2 aromatic carbocycles. The maximum atomic E-state index is 14.5. The van der Waals surface area contributed by atoms with E-state index in [1.165, 1.54) is 12.1 Å². The van der Waals surface area contributed by atoms with Gasteiger partial charge in [0, 0.05) is 22.9 Å². The van der Waals surface area contributed by atoms with Gasteiger partial charge in [0.15, 0.2) is 0 Å². The molecule has 1 unspecified atom stereocenters. The fraction of sp³-hybridized carbons (Fsp3) is 0.150. The minimum absolute atomic E-state index is 0.122. The van der Waals surface area contributed by atoms with Crippen LogP contribution in [0, 0.1) is 12.7 Å². The van der Waals surface area contributed by atoms with Crippen LogP contribution in [0.25, 0.3) is 17.0 Å². The van der Waals surface area contributed by atoms with E-state index in [0.717, 1.165) is 16.6 Å². The van der Waals surface area contributed by atoms with Gasteiger partial charge in [-0.1, -0.05) is 23.7 Å². The SMILES string of the molecule is Cc1nn(-c2nc3ccccc3[nH]2)c2c1C(c1cc(Cl)ccc1F)CC(=O)N2. The Bertz CT molecular complexity index is 1210. The van der Waals surface area contributed by atoms with Crippen molar-refractivity contribution < 1.29 is 9.18 Å². The number of H-pyrrole nitrogens is 1. The Balaban J connectivity index is 1.70. The minimum atomic E-state index is -0.472. The number of halogens is 2. The van der Waals surface area contributed by atoms with Crippen LogP contribution in [-0.4, -0.2) is 25.7 Å². The Morgan fingerprint density at radius 2 is 2.07 bits per heavy atom. The van der Waals surface area contributed by atoms with E-state index >= 15 is 0 Å². The molecule has 1 aliphatic rings. The maximum Gasteiger partial charge on any atom is 0.231 e. The van der Waals surface area contributed by atoms with Gasteiger partial charge in [0.05, 0.1) is 16.7 Å². The maximum absolute atomic E-state index is 14.5. The summed E-state index contributed by atoms with van der Waals surface area (Å²) in [6.07, 6.45) is 0.122. The van der Waals surface area contributed by atoms with Crippen molar-refractivity contribution in [1.82, 2.24) is 19.7 Å². The summed E-state index contributed by atoms with van der Waals surface area (Å²) in [7, 11) is 0. The lowest BCUT2D eigenvalue weighted by Gasteiger charge is -2.24. The van der Waals surface area contributed by atoms with Crippen LogP contribution < -0.4 is 5.32 Å². The molecule has 0 bridgehead atoms. The van der Waals surface area contributed by atoms with E-state index < -0.39 is 11.7 Å². The lowest BCUT2D eigenvalue weighted by Crippen LogP contribution is -2.25. The molecule has 6 nitrogen and oxygen atoms in total. The Hall–Kier alpha value is -3.19. The number of carbonyl (C=O) groups excluding carboxylic acids is 1. The lowest BCUT2D eigenvalue weighted by atomic mass is 9.85. The van der Waals surface area contributed by atoms with Crippen molar-refractivity contribution in [3.05, 3.63) is 70.1 Å². The average Bonchev–Trinajstić information content (AvgIpc) is 3.24. The quantitative estimate of drug-likeness (QED) is 0.530. The van der Waals surface area contributed by atoms with Crippen molar-refractivity contribution in [3.8, 4) is 5.95 Å². The summed E-state index contributed by atoms with van der Waals surface area (Å²) in [6, 6.07) is 12.0. The first-order valence-corrected chi connectivity index (χ1v) is 9.18. The van der Waals surface area contributed by atoms with E-state index in [-0.39, 0.29) is 12.3 Å². The highest BCUT2D eigenvalue weighted by Gasteiger charge is 2.34. The van der Waals surface area contributed by atoms with Gasteiger partial charge in [0.1, 0.15) is 11.6 Å². The molecule has 1 aliphatic heterocycles. The number of aromatic nitrogens is 4. The van der Waals surface area contributed by atoms with Crippen molar-refractivity contribution in [3.63, 3.8) is 0 Å². The number of benzene rings is 2. The number of hydrogen-bond donors (Lipinski definition) is 2. The largest absolute Gasteiger partial charge is 0.322 e. The molecular formula is C20H15ClFN5O. The van der Waals surface area contributed by atoms with Crippen LogP contribution in [0.1, 0.15) is 29.2 Å². The normalized spacial score (nSPS) is 16.2. The number of rotatable bonds is 2. The zero-order chi connectivity index (χ0) is 19.4. The molecule has 5 rings (SSSR count). The molecule has 2 aromatic heterocycles. The summed E-state index contributed by atoms with van der Waals surface area (Å²) in [6.45, 7) is 1.84. The molecule has 8 heteroatoms. The summed E-state index contributed by atoms with van der Waals surface area (Å²) in [5.74, 6) is -0.101. The second kappa shape index (κ2) is 6.17. The fourth-order valence-corrected chi connectivity index (χ4v) is 3.97. The Morgan fingerprint density at radius 1 is 1.25 bits per heavy atom. The number of hydrogen-bond acceptors (Lipinski definition) is 3. The molecule has 1 atom stereocenters. The molecule has 140 valence electrons. The minimum Gasteiger partial charge on any atom is -0.322 e. The fourth-order valence-electron chi connectivity index (χ4n) is 3.79. The number of para-hydroxylation sites is 2. The van der Waals surface area contributed by atoms with Crippen molar-refractivity contribution in [2.75, 3.05) is 5.32 Å². The van der Waals surface area contributed by atoms with Crippen LogP contribution in [0.4, 0.5) is 10.2 Å². The van der Waals surface area contributed by atoms with Gasteiger partial charge in [-0.15, -0.1) is 0 Å². The van der Waals surface area contributed by atoms with Gasteiger partial charge < -0.3 is 10.3 Å². The van der Waals surface area contributed by atoms with Crippen LogP contribution in [0.15, 0.2) is 42.5 Å². The second-order valence-corrected chi connectivity index (χ2v) is 7.24. The standard InChI is InChI=1S/C20H15ClFN5O/c1-10-18-13(12-8-11(21)6-7-14(12)22)9-17(28)25-19(18)27(26-10)20-23-15-4-2-3-5-16(15)24-20/h2-8,13H,9H2,1H3,(H,23,24)(H,25,28). The number of fused-ring (bicyclic) bond motifs is 2. The van der Waals surface area contributed by atoms with Gasteiger partial charge in [-0.3, -0.25) is 4.79 Å². The first kappa shape index (κ1) is 16.9. The van der Waals surface area contributed by atoms with E-state index in [4.69, 9.17) is 11.6 Å². The highest BCUT2D eigenvalue weighted by Crippen LogP contribution is 2.41. The summed E-state index contributed by atoms with van der Waals surface area (Å²) < 4.78 is 16.1. The van der Waals surface area contributed by atoms with Gasteiger partial charge in [-0.2, -0.15) is 9.78 Å². The van der Waals surface area contributed by atoms with Gasteiger partial charge in [0.25, 0.3) is 0 Å². The van der Waals surface area contributed by atoms with Crippen LogP contribution in [0.3, 0.4) is 0 Å². The monoisotopic (exact) mass is 395 g/mol. The van der Waals surface area contributed by atoms with E-state index in [2.05, 4.69) is 20.4 Å². The Labute approximate surface area is 164 Å². The molecule has 0 spiro atoms. The molecule has 28 heavy (non-hydrogen) atoms. The highest BCUT2D eigenvalue weighted by atomic mass is 35.5. The Kier molecular flexibility index (Phi) is 3.73. The molecule has 2 N–H and O–H groups in total. The van der Waals surface area contributed by atoms with Crippen molar-refractivity contribution >= 4 is 34.4 Å². The van der Waals surface area contributed by atoms with Crippen LogP contribution >= 0.6 is 11.6 Å². The van der Waals surface area contributed by atoms with Crippen molar-refractivity contribution in [2.45, 2.75) is 19.3 Å². The second-order valence-electron chi connectivity index (χ2n) is 6.81. The molecule has 0 saturated carbocycles. The summed E-state index contributed by atoms with van der Waals surface area (Å²) in [4.78, 5) is 20.2. The van der Waals surface area contributed by atoms with E-state index in [1.54, 1.807) is 10.7 Å². The lowest BCUT2D eigenvalue weighted by molar-refractivity contribution is -0.116. The molecule has 4 aromatic rings. The third kappa shape index (κ3) is 2.58. The van der Waals surface area contributed by atoms with Crippen molar-refractivity contribution in [1.29, 1.82) is 0 Å². The number of amides is 1. The first-order valence-electron chi connectivity index (χ1n) is 8.80. The van der Waals surface area contributed by atoms with Crippen LogP contribution in [0.2, 0.25) is 5.02 Å². The van der Waals surface area contributed by atoms with Gasteiger partial charge in [-0.25, -0.2) is 9.37 Å². The average molecular weight is 396 g/mol. The van der Waals surface area contributed by atoms with Crippen LogP contribution in [-0.2, 0) is 4.79 Å². The predicted molar refractivity (Wildman–Crippen MR) is 104 cm³/mol. The van der Waals surface area contributed by atoms with E-state index in [0.29, 0.717) is 28.0 Å². The topological polar surface area (TPSA) is 75.6 Å². The van der Waals surface area contributed by atoms with Gasteiger partial charge >= 0.3 is 0 Å². The number of imidazole rings is 1. The number of aromatic amines is 1. The number of nitrogens with zero attached hydrogens (tertiary/aromatic N) is 3. The third-order valence-corrected chi connectivity index (χ3v) is 5.25. The van der Waals surface area contributed by atoms with Gasteiger partial charge in [0.2, 0.25) is 11.9 Å². The summed E-state index contributed by atoms with van der Waals surface area (Å²) in [5, 5.41) is 7.87. The zero-order valence-corrected chi connectivity index (χ0v) is 15.6. The smallest absolute Gasteiger partial charge is 0.231 e. The molecule has 0 radical (unpaired) electrons. The summed E-state index contributed by atoms with van der Waals surface area (Å²) >= 11 is 6.08. The van der Waals surface area contributed by atoms with Crippen molar-refractivity contribution in [2.24, 2.45) is 0 Å². The molecule has 0 saturated heterocycles. The molecule has 0 fully saturated rings. The number of carbonyl (C=O) groups is 1. The molecule has 3 heterocycles. The first-order chi connectivity index (χ1) is 13.5. The van der Waals surface area contributed by atoms with Gasteiger partial charge in [-0.05, 0) is 42.8 Å². The van der Waals surface area contributed by atoms with E-state index in [9.17, 15) is 9.18 Å².